The molecule has 6 heteroatoms. The van der Waals surface area contributed by atoms with Crippen molar-refractivity contribution < 1.29 is 5.10 Å². The molecule has 1 rings (SSSR count). The lowest BCUT2D eigenvalue weighted by atomic mass is 10.2. The van der Waals surface area contributed by atoms with Gasteiger partial charge in [-0.3, -0.25) is 0 Å². The van der Waals surface area contributed by atoms with Crippen LogP contribution in [0.4, 0.5) is 0 Å². The summed E-state index contributed by atoms with van der Waals surface area (Å²) in [6.07, 6.45) is 1.71. The molecule has 0 unspecified atom stereocenters. The van der Waals surface area contributed by atoms with E-state index in [9.17, 15) is 0 Å². The van der Waals surface area contributed by atoms with E-state index in [4.69, 9.17) is 35.4 Å². The van der Waals surface area contributed by atoms with Gasteiger partial charge in [0, 0.05) is 11.6 Å². The fourth-order valence-corrected chi connectivity index (χ4v) is 1.67. The monoisotopic (exact) mass is 276 g/mol. The van der Waals surface area contributed by atoms with Crippen LogP contribution in [0.25, 0.3) is 0 Å². The Bertz CT molecular complexity index is 407. The van der Waals surface area contributed by atoms with Crippen LogP contribution in [-0.4, -0.2) is 17.9 Å². The van der Waals surface area contributed by atoms with Crippen LogP contribution in [0.2, 0.25) is 10.0 Å². The van der Waals surface area contributed by atoms with Crippen molar-refractivity contribution in [2.45, 2.75) is 6.92 Å². The standard InChI is InChI=1S/C10H11Cl2N3S/c1-2-13-10(16)15-14-6-7-3-4-8(11)5-9(7)12/h3-6H,2H2,1H3,(H2,13,15,16)/p+1. The third-order valence-electron chi connectivity index (χ3n) is 1.71. The van der Waals surface area contributed by atoms with E-state index >= 15 is 0 Å². The first-order valence-electron chi connectivity index (χ1n) is 4.71. The molecule has 86 valence electrons. The lowest BCUT2D eigenvalue weighted by Crippen LogP contribution is -2.82. The molecule has 0 amide bonds. The minimum absolute atomic E-state index is 0.531. The van der Waals surface area contributed by atoms with Crippen molar-refractivity contribution in [1.29, 1.82) is 0 Å². The Morgan fingerprint density at radius 3 is 2.88 bits per heavy atom. The molecule has 16 heavy (non-hydrogen) atoms. The predicted octanol–water partition coefficient (Wildman–Crippen LogP) is 0.892. The molecule has 0 radical (unpaired) electrons. The van der Waals surface area contributed by atoms with Crippen molar-refractivity contribution in [3.8, 4) is 0 Å². The molecule has 1 aromatic carbocycles. The number of hydrazone groups is 1. The SMILES string of the molecule is CCNC(=S)N[NH+]=Cc1ccc(Cl)cc1Cl. The van der Waals surface area contributed by atoms with Crippen molar-refractivity contribution in [2.75, 3.05) is 6.54 Å². The van der Waals surface area contributed by atoms with Gasteiger partial charge in [-0.25, -0.2) is 0 Å². The first kappa shape index (κ1) is 13.2. The predicted molar refractivity (Wildman–Crippen MR) is 72.0 cm³/mol. The molecule has 0 saturated carbocycles. The quantitative estimate of drug-likeness (QED) is 0.436. The van der Waals surface area contributed by atoms with Crippen LogP contribution in [0.1, 0.15) is 12.5 Å². The summed E-state index contributed by atoms with van der Waals surface area (Å²) in [7, 11) is 0. The minimum atomic E-state index is 0.531. The topological polar surface area (TPSA) is 38.0 Å². The van der Waals surface area contributed by atoms with Crippen LogP contribution in [0.15, 0.2) is 18.2 Å². The van der Waals surface area contributed by atoms with Gasteiger partial charge in [0.25, 0.3) is 0 Å². The zero-order valence-corrected chi connectivity index (χ0v) is 11.0. The lowest BCUT2D eigenvalue weighted by molar-refractivity contribution is -0.500. The van der Waals surface area contributed by atoms with Gasteiger partial charge in [-0.15, -0.1) is 10.5 Å². The van der Waals surface area contributed by atoms with E-state index < -0.39 is 0 Å². The van der Waals surface area contributed by atoms with Crippen LogP contribution in [-0.2, 0) is 0 Å². The second-order valence-corrected chi connectivity index (χ2v) is 4.19. The molecule has 1 aromatic rings. The van der Waals surface area contributed by atoms with Crippen molar-refractivity contribution in [3.63, 3.8) is 0 Å². The van der Waals surface area contributed by atoms with Crippen LogP contribution in [0.3, 0.4) is 0 Å². The zero-order valence-electron chi connectivity index (χ0n) is 8.68. The van der Waals surface area contributed by atoms with Crippen molar-refractivity contribution >= 4 is 46.7 Å². The molecule has 0 atom stereocenters. The summed E-state index contributed by atoms with van der Waals surface area (Å²) in [5.41, 5.74) is 3.63. The molecular formula is C10H12Cl2N3S+. The van der Waals surface area contributed by atoms with Crippen LogP contribution >= 0.6 is 35.4 Å². The van der Waals surface area contributed by atoms with E-state index in [1.807, 2.05) is 13.0 Å². The smallest absolute Gasteiger partial charge is 0.223 e. The molecule has 0 aliphatic rings. The van der Waals surface area contributed by atoms with Gasteiger partial charge in [0.1, 0.15) is 0 Å². The Hall–Kier alpha value is -0.840. The third kappa shape index (κ3) is 4.35. The van der Waals surface area contributed by atoms with Crippen molar-refractivity contribution in [1.82, 2.24) is 10.7 Å². The fraction of sp³-hybridized carbons (Fsp3) is 0.200. The van der Waals surface area contributed by atoms with E-state index in [0.717, 1.165) is 12.1 Å². The number of benzene rings is 1. The van der Waals surface area contributed by atoms with Gasteiger partial charge in [-0.05, 0) is 37.3 Å². The maximum absolute atomic E-state index is 5.97. The van der Waals surface area contributed by atoms with E-state index in [1.54, 1.807) is 18.3 Å². The zero-order chi connectivity index (χ0) is 12.0. The highest BCUT2D eigenvalue weighted by Crippen LogP contribution is 2.18. The van der Waals surface area contributed by atoms with Crippen LogP contribution in [0, 0.1) is 0 Å². The number of halogens is 2. The van der Waals surface area contributed by atoms with Gasteiger partial charge in [-0.1, -0.05) is 23.2 Å². The normalized spacial score (nSPS) is 10.4. The van der Waals surface area contributed by atoms with Crippen LogP contribution in [0.5, 0.6) is 0 Å². The Balaban J connectivity index is 2.59. The number of thiocarbonyl (C=S) groups is 1. The van der Waals surface area contributed by atoms with Crippen molar-refractivity contribution in [3.05, 3.63) is 33.8 Å². The largest absolute Gasteiger partial charge is 0.359 e. The molecule has 0 saturated heterocycles. The average Bonchev–Trinajstić information content (AvgIpc) is 2.22. The summed E-state index contributed by atoms with van der Waals surface area (Å²) in [6, 6.07) is 5.26. The van der Waals surface area contributed by atoms with Gasteiger partial charge in [0.15, 0.2) is 6.21 Å². The third-order valence-corrected chi connectivity index (χ3v) is 2.52. The van der Waals surface area contributed by atoms with Gasteiger partial charge < -0.3 is 5.32 Å². The van der Waals surface area contributed by atoms with Gasteiger partial charge >= 0.3 is 0 Å². The van der Waals surface area contributed by atoms with Gasteiger partial charge in [0.05, 0.1) is 10.6 Å². The summed E-state index contributed by atoms with van der Waals surface area (Å²) in [6.45, 7) is 2.74. The molecular weight excluding hydrogens is 265 g/mol. The number of hydrogen-bond donors (Lipinski definition) is 3. The Morgan fingerprint density at radius 1 is 1.50 bits per heavy atom. The number of hydrogen-bond acceptors (Lipinski definition) is 1. The number of nitrogens with one attached hydrogen (secondary N) is 3. The fourth-order valence-electron chi connectivity index (χ4n) is 1.00. The molecule has 0 spiro atoms. The summed E-state index contributed by atoms with van der Waals surface area (Å²) < 4.78 is 0. The molecule has 0 fully saturated rings. The van der Waals surface area contributed by atoms with E-state index in [0.29, 0.717) is 15.2 Å². The minimum Gasteiger partial charge on any atom is -0.359 e. The van der Waals surface area contributed by atoms with Gasteiger partial charge in [0.2, 0.25) is 5.11 Å². The highest BCUT2D eigenvalue weighted by molar-refractivity contribution is 7.80. The highest BCUT2D eigenvalue weighted by Gasteiger charge is 2.01. The Labute approximate surface area is 110 Å². The second kappa shape index (κ2) is 6.68. The maximum atomic E-state index is 5.97. The molecule has 0 aromatic heterocycles. The summed E-state index contributed by atoms with van der Waals surface area (Å²) >= 11 is 16.7. The summed E-state index contributed by atoms with van der Waals surface area (Å²) in [4.78, 5) is 0. The second-order valence-electron chi connectivity index (χ2n) is 2.94. The van der Waals surface area contributed by atoms with E-state index in [2.05, 4.69) is 15.8 Å². The highest BCUT2D eigenvalue weighted by atomic mass is 35.5. The molecule has 3 nitrogen and oxygen atoms in total. The van der Waals surface area contributed by atoms with Gasteiger partial charge in [-0.2, -0.15) is 0 Å². The van der Waals surface area contributed by atoms with E-state index in [1.165, 1.54) is 0 Å². The number of rotatable bonds is 3. The summed E-state index contributed by atoms with van der Waals surface area (Å²) in [5, 5.41) is 7.50. The van der Waals surface area contributed by atoms with Crippen LogP contribution < -0.4 is 15.8 Å². The lowest BCUT2D eigenvalue weighted by Gasteiger charge is -1.99. The number of hydrazine groups is 1. The summed E-state index contributed by atoms with van der Waals surface area (Å²) in [5.74, 6) is 0. The molecule has 0 aliphatic carbocycles. The first-order valence-corrected chi connectivity index (χ1v) is 5.87. The van der Waals surface area contributed by atoms with Crippen molar-refractivity contribution in [2.24, 2.45) is 0 Å². The first-order chi connectivity index (χ1) is 7.63. The molecule has 3 N–H and O–H groups in total. The molecule has 0 bridgehead atoms. The van der Waals surface area contributed by atoms with E-state index in [-0.39, 0.29) is 0 Å². The Morgan fingerprint density at radius 2 is 2.25 bits per heavy atom. The molecule has 0 aliphatic heterocycles. The molecule has 0 heterocycles. The Kier molecular flexibility index (Phi) is 5.52. The maximum Gasteiger partial charge on any atom is 0.223 e. The average molecular weight is 277 g/mol.